The molecule has 0 bridgehead atoms. The highest BCUT2D eigenvalue weighted by Gasteiger charge is 2.41. The summed E-state index contributed by atoms with van der Waals surface area (Å²) >= 11 is 6.27. The number of nitrogens with zero attached hydrogens (tertiary/aromatic N) is 1. The zero-order valence-electron chi connectivity index (χ0n) is 13.9. The molecule has 1 N–H and O–H groups in total. The first kappa shape index (κ1) is 19.1. The van der Waals surface area contributed by atoms with E-state index in [0.29, 0.717) is 16.0 Å². The Kier molecular flexibility index (Phi) is 5.97. The van der Waals surface area contributed by atoms with E-state index in [2.05, 4.69) is 4.74 Å². The number of hydrogen-bond donors (Lipinski definition) is 1. The molecular formula is C17H17NO5S2. The zero-order valence-corrected chi connectivity index (χ0v) is 15.5. The Morgan fingerprint density at radius 2 is 1.88 bits per heavy atom. The van der Waals surface area contributed by atoms with Gasteiger partial charge >= 0.3 is 11.9 Å². The molecule has 1 aliphatic rings. The molecule has 0 radical (unpaired) electrons. The Labute approximate surface area is 154 Å². The Hall–Kier alpha value is -2.19. The minimum atomic E-state index is -1.09. The summed E-state index contributed by atoms with van der Waals surface area (Å²) in [5.74, 6) is -2.24. The summed E-state index contributed by atoms with van der Waals surface area (Å²) in [5, 5.41) is 9.40. The highest BCUT2D eigenvalue weighted by Crippen LogP contribution is 2.35. The number of aliphatic carboxylic acids is 1. The predicted octanol–water partition coefficient (Wildman–Crippen LogP) is 2.78. The number of thioether (sulfide) groups is 1. The van der Waals surface area contributed by atoms with Gasteiger partial charge in [-0.25, -0.2) is 9.59 Å². The normalized spacial score (nSPS) is 17.3. The minimum Gasteiger partial charge on any atom is -0.480 e. The van der Waals surface area contributed by atoms with Crippen molar-refractivity contribution in [3.63, 3.8) is 0 Å². The van der Waals surface area contributed by atoms with Crippen LogP contribution >= 0.6 is 24.0 Å². The second kappa shape index (κ2) is 7.79. The summed E-state index contributed by atoms with van der Waals surface area (Å²) in [4.78, 5) is 37.0. The van der Waals surface area contributed by atoms with Crippen LogP contribution in [0.4, 0.5) is 0 Å². The number of carbonyl (C=O) groups is 3. The van der Waals surface area contributed by atoms with Crippen molar-refractivity contribution < 1.29 is 24.2 Å². The standard InChI is InChI=1S/C17H17NO5S2/c1-9(2)13(15(20)21)18-14(19)12(25-17(18)24)8-10-4-6-11(7-5-10)16(22)23-3/h4-9,13H,1-3H3,(H,20,21)/b12-8+. The number of amides is 1. The van der Waals surface area contributed by atoms with E-state index in [1.807, 2.05) is 0 Å². The molecule has 1 saturated heterocycles. The van der Waals surface area contributed by atoms with E-state index in [4.69, 9.17) is 12.2 Å². The van der Waals surface area contributed by atoms with E-state index in [9.17, 15) is 19.5 Å². The maximum absolute atomic E-state index is 12.6. The SMILES string of the molecule is COC(=O)c1ccc(/C=C2/SC(=S)N(C(C(=O)O)C(C)C)C2=O)cc1. The van der Waals surface area contributed by atoms with Gasteiger partial charge in [0.25, 0.3) is 5.91 Å². The quantitative estimate of drug-likeness (QED) is 0.478. The molecule has 8 heteroatoms. The lowest BCUT2D eigenvalue weighted by atomic mass is 10.0. The number of carbonyl (C=O) groups excluding carboxylic acids is 2. The van der Waals surface area contributed by atoms with Crippen molar-refractivity contribution >= 4 is 52.2 Å². The largest absolute Gasteiger partial charge is 0.480 e. The van der Waals surface area contributed by atoms with Crippen LogP contribution in [-0.2, 0) is 14.3 Å². The summed E-state index contributed by atoms with van der Waals surface area (Å²) in [5.41, 5.74) is 1.10. The van der Waals surface area contributed by atoms with Crippen LogP contribution in [0.1, 0.15) is 29.8 Å². The van der Waals surface area contributed by atoms with Crippen molar-refractivity contribution in [2.45, 2.75) is 19.9 Å². The molecule has 1 atom stereocenters. The third-order valence-electron chi connectivity index (χ3n) is 3.62. The van der Waals surface area contributed by atoms with Crippen LogP contribution in [0.25, 0.3) is 6.08 Å². The molecule has 1 aliphatic heterocycles. The van der Waals surface area contributed by atoms with Crippen LogP contribution in [0.15, 0.2) is 29.2 Å². The van der Waals surface area contributed by atoms with Crippen LogP contribution in [0.5, 0.6) is 0 Å². The summed E-state index contributed by atoms with van der Waals surface area (Å²) in [6.07, 6.45) is 1.62. The number of thiocarbonyl (C=S) groups is 1. The topological polar surface area (TPSA) is 83.9 Å². The first-order chi connectivity index (χ1) is 11.8. The van der Waals surface area contributed by atoms with E-state index in [0.717, 1.165) is 16.7 Å². The van der Waals surface area contributed by atoms with Crippen molar-refractivity contribution in [3.05, 3.63) is 40.3 Å². The van der Waals surface area contributed by atoms with Gasteiger partial charge in [-0.05, 0) is 29.7 Å². The average molecular weight is 379 g/mol. The van der Waals surface area contributed by atoms with Crippen LogP contribution in [0.3, 0.4) is 0 Å². The summed E-state index contributed by atoms with van der Waals surface area (Å²) < 4.78 is 4.86. The molecule has 1 aromatic rings. The van der Waals surface area contributed by atoms with Gasteiger partial charge in [0.2, 0.25) is 0 Å². The second-order valence-electron chi connectivity index (χ2n) is 5.69. The molecule has 0 saturated carbocycles. The van der Waals surface area contributed by atoms with E-state index in [-0.39, 0.29) is 10.2 Å². The molecular weight excluding hydrogens is 362 g/mol. The first-order valence-electron chi connectivity index (χ1n) is 7.44. The predicted molar refractivity (Wildman–Crippen MR) is 99.1 cm³/mol. The number of carboxylic acid groups (broad SMARTS) is 1. The van der Waals surface area contributed by atoms with Crippen LogP contribution < -0.4 is 0 Å². The molecule has 6 nitrogen and oxygen atoms in total. The fraction of sp³-hybridized carbons (Fsp3) is 0.294. The molecule has 1 fully saturated rings. The third kappa shape index (κ3) is 4.08. The van der Waals surface area contributed by atoms with Crippen LogP contribution in [0, 0.1) is 5.92 Å². The van der Waals surface area contributed by atoms with E-state index in [1.54, 1.807) is 44.2 Å². The molecule has 2 rings (SSSR count). The molecule has 132 valence electrons. The highest BCUT2D eigenvalue weighted by atomic mass is 32.2. The monoisotopic (exact) mass is 379 g/mol. The van der Waals surface area contributed by atoms with E-state index in [1.165, 1.54) is 7.11 Å². The van der Waals surface area contributed by atoms with Gasteiger partial charge in [0.15, 0.2) is 0 Å². The third-order valence-corrected chi connectivity index (χ3v) is 4.95. The van der Waals surface area contributed by atoms with Crippen molar-refractivity contribution in [1.82, 2.24) is 4.90 Å². The molecule has 1 amide bonds. The molecule has 25 heavy (non-hydrogen) atoms. The first-order valence-corrected chi connectivity index (χ1v) is 8.67. The lowest BCUT2D eigenvalue weighted by molar-refractivity contribution is -0.146. The average Bonchev–Trinajstić information content (AvgIpc) is 2.82. The maximum Gasteiger partial charge on any atom is 0.337 e. The smallest absolute Gasteiger partial charge is 0.337 e. The number of carboxylic acids is 1. The number of benzene rings is 1. The van der Waals surface area contributed by atoms with Crippen molar-refractivity contribution in [1.29, 1.82) is 0 Å². The van der Waals surface area contributed by atoms with Gasteiger partial charge in [-0.3, -0.25) is 9.69 Å². The number of rotatable bonds is 5. The number of hydrogen-bond acceptors (Lipinski definition) is 6. The fourth-order valence-corrected chi connectivity index (χ4v) is 3.73. The van der Waals surface area contributed by atoms with Gasteiger partial charge in [0.05, 0.1) is 17.6 Å². The molecule has 1 aromatic carbocycles. The van der Waals surface area contributed by atoms with Gasteiger partial charge < -0.3 is 9.84 Å². The second-order valence-corrected chi connectivity index (χ2v) is 7.37. The fourth-order valence-electron chi connectivity index (χ4n) is 2.40. The van der Waals surface area contributed by atoms with Crippen LogP contribution in [-0.4, -0.2) is 45.3 Å². The van der Waals surface area contributed by atoms with Gasteiger partial charge in [0.1, 0.15) is 10.4 Å². The Morgan fingerprint density at radius 1 is 1.28 bits per heavy atom. The zero-order chi connectivity index (χ0) is 18.7. The summed E-state index contributed by atoms with van der Waals surface area (Å²) in [6, 6.07) is 5.53. The Bertz CT molecular complexity index is 755. The molecule has 1 heterocycles. The Balaban J connectivity index is 2.28. The lowest BCUT2D eigenvalue weighted by Gasteiger charge is -2.26. The summed E-state index contributed by atoms with van der Waals surface area (Å²) in [7, 11) is 1.30. The minimum absolute atomic E-state index is 0.225. The number of esters is 1. The van der Waals surface area contributed by atoms with Crippen molar-refractivity contribution in [2.24, 2.45) is 5.92 Å². The van der Waals surface area contributed by atoms with Crippen molar-refractivity contribution in [2.75, 3.05) is 7.11 Å². The maximum atomic E-state index is 12.6. The Morgan fingerprint density at radius 3 is 2.36 bits per heavy atom. The summed E-state index contributed by atoms with van der Waals surface area (Å²) in [6.45, 7) is 3.46. The van der Waals surface area contributed by atoms with Gasteiger partial charge in [0, 0.05) is 0 Å². The molecule has 0 spiro atoms. The molecule has 0 aliphatic carbocycles. The lowest BCUT2D eigenvalue weighted by Crippen LogP contribution is -2.47. The van der Waals surface area contributed by atoms with E-state index >= 15 is 0 Å². The molecule has 0 aromatic heterocycles. The van der Waals surface area contributed by atoms with Gasteiger partial charge in [-0.2, -0.15) is 0 Å². The number of ether oxygens (including phenoxy) is 1. The highest BCUT2D eigenvalue weighted by molar-refractivity contribution is 8.26. The van der Waals surface area contributed by atoms with Gasteiger partial charge in [-0.1, -0.05) is 50.0 Å². The van der Waals surface area contributed by atoms with Crippen molar-refractivity contribution in [3.8, 4) is 0 Å². The number of methoxy groups -OCH3 is 1. The molecule has 1 unspecified atom stereocenters. The van der Waals surface area contributed by atoms with E-state index < -0.39 is 23.9 Å². The van der Waals surface area contributed by atoms with Crippen LogP contribution in [0.2, 0.25) is 0 Å². The van der Waals surface area contributed by atoms with Gasteiger partial charge in [-0.15, -0.1) is 0 Å².